The summed E-state index contributed by atoms with van der Waals surface area (Å²) in [5.41, 5.74) is 0. The molecule has 4 nitrogen and oxygen atoms in total. The lowest BCUT2D eigenvalue weighted by molar-refractivity contribution is -0.143. The standard InChI is InChI=1S/C10H17NO3/c1-2-9(12)11-8-5-3-4-7(6-8)10(13)14/h7-8H,2-6H2,1H3,(H,11,12)(H,13,14). The van der Waals surface area contributed by atoms with E-state index in [1.807, 2.05) is 0 Å². The van der Waals surface area contributed by atoms with Crippen molar-refractivity contribution in [1.29, 1.82) is 0 Å². The van der Waals surface area contributed by atoms with Crippen LogP contribution < -0.4 is 5.32 Å². The summed E-state index contributed by atoms with van der Waals surface area (Å²) < 4.78 is 0. The molecule has 0 saturated heterocycles. The molecule has 0 heterocycles. The fourth-order valence-electron chi connectivity index (χ4n) is 1.87. The number of carbonyl (C=O) groups excluding carboxylic acids is 1. The molecule has 1 aliphatic rings. The van der Waals surface area contributed by atoms with Gasteiger partial charge in [0.15, 0.2) is 0 Å². The summed E-state index contributed by atoms with van der Waals surface area (Å²) in [6.07, 6.45) is 3.60. The molecule has 2 atom stereocenters. The maximum Gasteiger partial charge on any atom is 0.306 e. The molecule has 4 heteroatoms. The predicted octanol–water partition coefficient (Wildman–Crippen LogP) is 1.16. The van der Waals surface area contributed by atoms with Crippen LogP contribution in [0, 0.1) is 5.92 Å². The van der Waals surface area contributed by atoms with Crippen molar-refractivity contribution in [3.05, 3.63) is 0 Å². The van der Waals surface area contributed by atoms with E-state index in [2.05, 4.69) is 5.32 Å². The Morgan fingerprint density at radius 3 is 2.71 bits per heavy atom. The van der Waals surface area contributed by atoms with E-state index in [1.165, 1.54) is 0 Å². The Morgan fingerprint density at radius 1 is 1.43 bits per heavy atom. The molecule has 1 amide bonds. The van der Waals surface area contributed by atoms with E-state index in [4.69, 9.17) is 5.11 Å². The SMILES string of the molecule is CCC(=O)NC1CCCC(C(=O)O)C1. The second-order valence-electron chi connectivity index (χ2n) is 3.82. The molecule has 1 rings (SSSR count). The van der Waals surface area contributed by atoms with Gasteiger partial charge in [-0.2, -0.15) is 0 Å². The Kier molecular flexibility index (Phi) is 3.92. The van der Waals surface area contributed by atoms with Gasteiger partial charge in [0, 0.05) is 12.5 Å². The summed E-state index contributed by atoms with van der Waals surface area (Å²) in [6, 6.07) is 0.0669. The zero-order chi connectivity index (χ0) is 10.6. The average Bonchev–Trinajstić information content (AvgIpc) is 2.18. The van der Waals surface area contributed by atoms with Crippen molar-refractivity contribution >= 4 is 11.9 Å². The molecule has 0 aromatic heterocycles. The Hall–Kier alpha value is -1.06. The highest BCUT2D eigenvalue weighted by atomic mass is 16.4. The van der Waals surface area contributed by atoms with E-state index >= 15 is 0 Å². The van der Waals surface area contributed by atoms with E-state index in [9.17, 15) is 9.59 Å². The lowest BCUT2D eigenvalue weighted by atomic mass is 9.86. The molecule has 14 heavy (non-hydrogen) atoms. The minimum atomic E-state index is -0.736. The van der Waals surface area contributed by atoms with Crippen LogP contribution in [0.25, 0.3) is 0 Å². The van der Waals surface area contributed by atoms with E-state index in [0.29, 0.717) is 12.8 Å². The van der Waals surface area contributed by atoms with E-state index in [1.54, 1.807) is 6.92 Å². The van der Waals surface area contributed by atoms with E-state index < -0.39 is 5.97 Å². The van der Waals surface area contributed by atoms with Crippen LogP contribution >= 0.6 is 0 Å². The van der Waals surface area contributed by atoms with Crippen LogP contribution in [0.5, 0.6) is 0 Å². The summed E-state index contributed by atoms with van der Waals surface area (Å²) in [5, 5.41) is 11.7. The quantitative estimate of drug-likeness (QED) is 0.716. The number of nitrogens with one attached hydrogen (secondary N) is 1. The van der Waals surface area contributed by atoms with Crippen molar-refractivity contribution in [2.75, 3.05) is 0 Å². The Balaban J connectivity index is 2.40. The van der Waals surface area contributed by atoms with Gasteiger partial charge in [0.1, 0.15) is 0 Å². The van der Waals surface area contributed by atoms with Crippen LogP contribution in [0.1, 0.15) is 39.0 Å². The molecule has 80 valence electrons. The van der Waals surface area contributed by atoms with Crippen molar-refractivity contribution in [2.45, 2.75) is 45.1 Å². The fraction of sp³-hybridized carbons (Fsp3) is 0.800. The van der Waals surface area contributed by atoms with Gasteiger partial charge in [-0.25, -0.2) is 0 Å². The third kappa shape index (κ3) is 3.01. The first-order valence-electron chi connectivity index (χ1n) is 5.15. The van der Waals surface area contributed by atoms with Crippen LogP contribution in [0.4, 0.5) is 0 Å². The molecule has 0 radical (unpaired) electrons. The molecule has 0 spiro atoms. The molecule has 0 aliphatic heterocycles. The van der Waals surface area contributed by atoms with Crippen molar-refractivity contribution in [1.82, 2.24) is 5.32 Å². The number of carboxylic acid groups (broad SMARTS) is 1. The number of carboxylic acids is 1. The monoisotopic (exact) mass is 199 g/mol. The normalized spacial score (nSPS) is 26.9. The number of amides is 1. The summed E-state index contributed by atoms with van der Waals surface area (Å²) in [4.78, 5) is 21.8. The largest absolute Gasteiger partial charge is 0.481 e. The summed E-state index contributed by atoms with van der Waals surface area (Å²) in [7, 11) is 0. The van der Waals surface area contributed by atoms with Crippen LogP contribution in [0.3, 0.4) is 0 Å². The highest BCUT2D eigenvalue weighted by Gasteiger charge is 2.27. The maximum atomic E-state index is 11.1. The molecule has 0 aromatic rings. The molecular formula is C10H17NO3. The first-order valence-corrected chi connectivity index (χ1v) is 5.15. The van der Waals surface area contributed by atoms with Crippen LogP contribution in [0.15, 0.2) is 0 Å². The third-order valence-electron chi connectivity index (χ3n) is 2.71. The highest BCUT2D eigenvalue weighted by Crippen LogP contribution is 2.24. The Bertz CT molecular complexity index is 227. The van der Waals surface area contributed by atoms with Crippen LogP contribution in [0.2, 0.25) is 0 Å². The number of hydrogen-bond donors (Lipinski definition) is 2. The van der Waals surface area contributed by atoms with Crippen molar-refractivity contribution in [3.8, 4) is 0 Å². The van der Waals surface area contributed by atoms with Gasteiger partial charge < -0.3 is 10.4 Å². The lowest BCUT2D eigenvalue weighted by Crippen LogP contribution is -2.39. The summed E-state index contributed by atoms with van der Waals surface area (Å²) >= 11 is 0. The number of hydrogen-bond acceptors (Lipinski definition) is 2. The number of carbonyl (C=O) groups is 2. The Labute approximate surface area is 83.7 Å². The summed E-state index contributed by atoms with van der Waals surface area (Å²) in [6.45, 7) is 1.80. The van der Waals surface area contributed by atoms with Crippen molar-refractivity contribution in [3.63, 3.8) is 0 Å². The molecule has 1 saturated carbocycles. The smallest absolute Gasteiger partial charge is 0.306 e. The molecular weight excluding hydrogens is 182 g/mol. The van der Waals surface area contributed by atoms with Gasteiger partial charge >= 0.3 is 5.97 Å². The highest BCUT2D eigenvalue weighted by molar-refractivity contribution is 5.76. The van der Waals surface area contributed by atoms with Gasteiger partial charge in [0.05, 0.1) is 5.92 Å². The Morgan fingerprint density at radius 2 is 2.14 bits per heavy atom. The molecule has 0 aromatic carbocycles. The third-order valence-corrected chi connectivity index (χ3v) is 2.71. The van der Waals surface area contributed by atoms with Crippen molar-refractivity contribution < 1.29 is 14.7 Å². The number of rotatable bonds is 3. The number of aliphatic carboxylic acids is 1. The molecule has 2 N–H and O–H groups in total. The van der Waals surface area contributed by atoms with E-state index in [0.717, 1.165) is 19.3 Å². The maximum absolute atomic E-state index is 11.1. The minimum absolute atomic E-state index is 0.0149. The van der Waals surface area contributed by atoms with Gasteiger partial charge in [-0.15, -0.1) is 0 Å². The molecule has 0 bridgehead atoms. The average molecular weight is 199 g/mol. The zero-order valence-electron chi connectivity index (χ0n) is 8.45. The minimum Gasteiger partial charge on any atom is -0.481 e. The zero-order valence-corrected chi connectivity index (χ0v) is 8.45. The van der Waals surface area contributed by atoms with Gasteiger partial charge in [0.2, 0.25) is 5.91 Å². The van der Waals surface area contributed by atoms with Gasteiger partial charge in [0.25, 0.3) is 0 Å². The van der Waals surface area contributed by atoms with Crippen LogP contribution in [-0.4, -0.2) is 23.0 Å². The second kappa shape index (κ2) is 4.98. The van der Waals surface area contributed by atoms with Crippen LogP contribution in [-0.2, 0) is 9.59 Å². The topological polar surface area (TPSA) is 66.4 Å². The predicted molar refractivity (Wildman–Crippen MR) is 51.8 cm³/mol. The molecule has 1 aliphatic carbocycles. The fourth-order valence-corrected chi connectivity index (χ4v) is 1.87. The first-order chi connectivity index (χ1) is 6.63. The molecule has 1 fully saturated rings. The summed E-state index contributed by atoms with van der Waals surface area (Å²) in [5.74, 6) is -0.993. The van der Waals surface area contributed by atoms with Crippen molar-refractivity contribution in [2.24, 2.45) is 5.92 Å². The lowest BCUT2D eigenvalue weighted by Gasteiger charge is -2.27. The van der Waals surface area contributed by atoms with E-state index in [-0.39, 0.29) is 17.9 Å². The van der Waals surface area contributed by atoms with Gasteiger partial charge in [-0.05, 0) is 19.3 Å². The molecule has 2 unspecified atom stereocenters. The second-order valence-corrected chi connectivity index (χ2v) is 3.82. The first kappa shape index (κ1) is 11.0. The van der Waals surface area contributed by atoms with Gasteiger partial charge in [-0.1, -0.05) is 13.3 Å². The van der Waals surface area contributed by atoms with Gasteiger partial charge in [-0.3, -0.25) is 9.59 Å².